The number of hydrogen-bond donors (Lipinski definition) is 1. The van der Waals surface area contributed by atoms with Gasteiger partial charge in [0.05, 0.1) is 24.8 Å². The van der Waals surface area contributed by atoms with Crippen molar-refractivity contribution < 1.29 is 18.3 Å². The highest BCUT2D eigenvalue weighted by molar-refractivity contribution is 5.82. The van der Waals surface area contributed by atoms with Crippen LogP contribution in [0.1, 0.15) is 41.6 Å². The monoisotopic (exact) mass is 413 g/mol. The summed E-state index contributed by atoms with van der Waals surface area (Å²) >= 11 is 0. The van der Waals surface area contributed by atoms with E-state index in [0.29, 0.717) is 37.2 Å². The molecule has 5 nitrogen and oxygen atoms in total. The van der Waals surface area contributed by atoms with Gasteiger partial charge in [-0.25, -0.2) is 8.78 Å². The molecule has 1 amide bonds. The molecule has 2 fully saturated rings. The molecule has 7 heteroatoms. The lowest BCUT2D eigenvalue weighted by Crippen LogP contribution is -2.55. The highest BCUT2D eigenvalue weighted by atomic mass is 19.2. The Labute approximate surface area is 174 Å². The number of hydrogen-bond acceptors (Lipinski definition) is 4. The third-order valence-electron chi connectivity index (χ3n) is 6.68. The second-order valence-electron chi connectivity index (χ2n) is 8.57. The number of fused-ring (bicyclic) bond motifs is 2. The van der Waals surface area contributed by atoms with Crippen LogP contribution in [0.2, 0.25) is 0 Å². The molecule has 1 saturated heterocycles. The minimum atomic E-state index is -0.918. The Kier molecular flexibility index (Phi) is 4.82. The Hall–Kier alpha value is -2.38. The largest absolute Gasteiger partial charge is 0.365 e. The van der Waals surface area contributed by atoms with Crippen molar-refractivity contribution in [1.82, 2.24) is 15.2 Å². The van der Waals surface area contributed by atoms with Gasteiger partial charge in [-0.05, 0) is 67.6 Å². The second-order valence-corrected chi connectivity index (χ2v) is 8.57. The number of pyridine rings is 1. The van der Waals surface area contributed by atoms with Crippen LogP contribution in [-0.4, -0.2) is 34.9 Å². The first kappa shape index (κ1) is 19.6. The fourth-order valence-electron chi connectivity index (χ4n) is 4.85. The quantitative estimate of drug-likeness (QED) is 0.837. The van der Waals surface area contributed by atoms with Crippen LogP contribution in [0, 0.1) is 24.5 Å². The van der Waals surface area contributed by atoms with Crippen molar-refractivity contribution in [3.05, 3.63) is 64.5 Å². The van der Waals surface area contributed by atoms with Gasteiger partial charge in [0.15, 0.2) is 11.6 Å². The summed E-state index contributed by atoms with van der Waals surface area (Å²) in [6.45, 7) is 3.74. The Bertz CT molecular complexity index is 994. The van der Waals surface area contributed by atoms with Crippen LogP contribution in [0.4, 0.5) is 8.78 Å². The van der Waals surface area contributed by atoms with Crippen molar-refractivity contribution in [3.8, 4) is 0 Å². The predicted molar refractivity (Wildman–Crippen MR) is 106 cm³/mol. The van der Waals surface area contributed by atoms with E-state index < -0.39 is 23.2 Å². The molecule has 2 unspecified atom stereocenters. The Morgan fingerprint density at radius 3 is 2.90 bits per heavy atom. The number of ether oxygens (including phenoxy) is 1. The molecule has 1 aliphatic carbocycles. The van der Waals surface area contributed by atoms with Crippen molar-refractivity contribution >= 4 is 5.91 Å². The normalized spacial score (nSPS) is 25.4. The third-order valence-corrected chi connectivity index (χ3v) is 6.68. The van der Waals surface area contributed by atoms with E-state index >= 15 is 0 Å². The van der Waals surface area contributed by atoms with Gasteiger partial charge in [0.1, 0.15) is 5.60 Å². The fraction of sp³-hybridized carbons (Fsp3) is 0.478. The first-order valence-corrected chi connectivity index (χ1v) is 10.5. The van der Waals surface area contributed by atoms with E-state index in [0.717, 1.165) is 24.1 Å². The first-order valence-electron chi connectivity index (χ1n) is 10.5. The van der Waals surface area contributed by atoms with E-state index in [2.05, 4.69) is 10.3 Å². The van der Waals surface area contributed by atoms with Crippen molar-refractivity contribution in [2.24, 2.45) is 5.92 Å². The molecule has 1 spiro atoms. The second kappa shape index (κ2) is 7.39. The molecule has 5 rings (SSSR count). The van der Waals surface area contributed by atoms with Crippen LogP contribution in [0.3, 0.4) is 0 Å². The Morgan fingerprint density at radius 2 is 2.13 bits per heavy atom. The van der Waals surface area contributed by atoms with E-state index in [-0.39, 0.29) is 18.6 Å². The molecule has 1 N–H and O–H groups in total. The number of nitrogens with one attached hydrogen (secondary N) is 1. The molecular weight excluding hydrogens is 388 g/mol. The number of benzene rings is 1. The zero-order valence-electron chi connectivity index (χ0n) is 17.0. The number of nitrogens with zero attached hydrogens (tertiary/aromatic N) is 2. The van der Waals surface area contributed by atoms with E-state index in [9.17, 15) is 13.6 Å². The molecule has 1 saturated carbocycles. The number of amides is 1. The van der Waals surface area contributed by atoms with Gasteiger partial charge in [-0.3, -0.25) is 9.78 Å². The van der Waals surface area contributed by atoms with E-state index in [4.69, 9.17) is 4.74 Å². The summed E-state index contributed by atoms with van der Waals surface area (Å²) in [6, 6.07) is 6.52. The van der Waals surface area contributed by atoms with Crippen molar-refractivity contribution in [2.45, 2.75) is 51.0 Å². The lowest BCUT2D eigenvalue weighted by molar-refractivity contribution is -0.157. The molecule has 0 radical (unpaired) electrons. The number of carbonyl (C=O) groups excluding carboxylic acids is 1. The molecule has 1 aromatic heterocycles. The first-order chi connectivity index (χ1) is 14.5. The number of aromatic nitrogens is 1. The number of carbonyl (C=O) groups is 1. The van der Waals surface area contributed by atoms with Crippen molar-refractivity contribution in [1.29, 1.82) is 0 Å². The van der Waals surface area contributed by atoms with E-state index in [1.807, 2.05) is 24.0 Å². The van der Waals surface area contributed by atoms with Crippen LogP contribution >= 0.6 is 0 Å². The predicted octanol–water partition coefficient (Wildman–Crippen LogP) is 3.19. The van der Waals surface area contributed by atoms with Gasteiger partial charge in [-0.1, -0.05) is 6.07 Å². The molecule has 3 heterocycles. The summed E-state index contributed by atoms with van der Waals surface area (Å²) in [4.78, 5) is 20.2. The summed E-state index contributed by atoms with van der Waals surface area (Å²) in [5, 5.41) is 3.30. The maximum atomic E-state index is 14.1. The molecule has 0 bridgehead atoms. The van der Waals surface area contributed by atoms with Gasteiger partial charge in [0.2, 0.25) is 5.91 Å². The van der Waals surface area contributed by atoms with Crippen LogP contribution in [-0.2, 0) is 28.3 Å². The van der Waals surface area contributed by atoms with Gasteiger partial charge >= 0.3 is 0 Å². The summed E-state index contributed by atoms with van der Waals surface area (Å²) in [5.74, 6) is -2.28. The maximum absolute atomic E-state index is 14.1. The minimum absolute atomic E-state index is 0.00710. The average Bonchev–Trinajstić information content (AvgIpc) is 3.53. The van der Waals surface area contributed by atoms with E-state index in [1.165, 1.54) is 12.1 Å². The van der Waals surface area contributed by atoms with Gasteiger partial charge < -0.3 is 15.0 Å². The van der Waals surface area contributed by atoms with Gasteiger partial charge in [-0.2, -0.15) is 0 Å². The fourth-order valence-corrected chi connectivity index (χ4v) is 4.85. The lowest BCUT2D eigenvalue weighted by Gasteiger charge is -2.42. The lowest BCUT2D eigenvalue weighted by atomic mass is 9.75. The molecular formula is C23H25F2N3O2. The molecule has 3 aliphatic rings. The molecule has 30 heavy (non-hydrogen) atoms. The van der Waals surface area contributed by atoms with Crippen LogP contribution in [0.15, 0.2) is 30.5 Å². The van der Waals surface area contributed by atoms with Gasteiger partial charge in [0, 0.05) is 18.8 Å². The minimum Gasteiger partial charge on any atom is -0.365 e. The molecule has 2 atom stereocenters. The highest BCUT2D eigenvalue weighted by Gasteiger charge is 2.53. The number of aryl methyl sites for hydroxylation is 1. The Morgan fingerprint density at radius 1 is 1.33 bits per heavy atom. The molecule has 158 valence electrons. The summed E-state index contributed by atoms with van der Waals surface area (Å²) in [5.41, 5.74) is 2.26. The average molecular weight is 413 g/mol. The van der Waals surface area contributed by atoms with Gasteiger partial charge in [0.25, 0.3) is 0 Å². The van der Waals surface area contributed by atoms with Crippen molar-refractivity contribution in [2.75, 3.05) is 13.1 Å². The zero-order chi connectivity index (χ0) is 20.9. The highest BCUT2D eigenvalue weighted by Crippen LogP contribution is 2.48. The molecule has 1 aromatic carbocycles. The van der Waals surface area contributed by atoms with Crippen LogP contribution in [0.25, 0.3) is 0 Å². The molecule has 2 aromatic rings. The SMILES string of the molecule is Cc1cccnc1CN(C(=O)C1CNCCC12OCc1cc(F)c(F)cc12)C1CC1. The van der Waals surface area contributed by atoms with Crippen LogP contribution < -0.4 is 5.32 Å². The van der Waals surface area contributed by atoms with Crippen molar-refractivity contribution in [3.63, 3.8) is 0 Å². The summed E-state index contributed by atoms with van der Waals surface area (Å²) in [6.07, 6.45) is 4.24. The summed E-state index contributed by atoms with van der Waals surface area (Å²) in [7, 11) is 0. The maximum Gasteiger partial charge on any atom is 0.230 e. The summed E-state index contributed by atoms with van der Waals surface area (Å²) < 4.78 is 34.1. The standard InChI is InChI=1S/C23H25F2N3O2/c1-14-3-2-7-27-21(14)12-28(16-4-5-16)22(29)18-11-26-8-6-23(18)17-10-20(25)19(24)9-15(17)13-30-23/h2-3,7,9-10,16,18,26H,4-6,8,11-13H2,1H3. The number of rotatable bonds is 4. The molecule has 2 aliphatic heterocycles. The van der Waals surface area contributed by atoms with Crippen LogP contribution in [0.5, 0.6) is 0 Å². The van der Waals surface area contributed by atoms with E-state index in [1.54, 1.807) is 6.20 Å². The number of halogens is 2. The Balaban J connectivity index is 1.50. The zero-order valence-corrected chi connectivity index (χ0v) is 17.0. The van der Waals surface area contributed by atoms with Gasteiger partial charge in [-0.15, -0.1) is 0 Å². The topological polar surface area (TPSA) is 54.5 Å². The third kappa shape index (κ3) is 3.20. The smallest absolute Gasteiger partial charge is 0.230 e. The number of piperidine rings is 1.